The number of ketones is 1. The molecule has 2 rings (SSSR count). The molecule has 1 fully saturated rings. The fraction of sp³-hybridized carbons (Fsp3) is 0.588. The van der Waals surface area contributed by atoms with Gasteiger partial charge in [-0.3, -0.25) is 4.79 Å². The number of carbonyl (C=O) groups excluding carboxylic acids is 1. The zero-order chi connectivity index (χ0) is 14.4. The van der Waals surface area contributed by atoms with Gasteiger partial charge in [-0.25, -0.2) is 0 Å². The maximum Gasteiger partial charge on any atom is 0.164 e. The molecule has 3 nitrogen and oxygen atoms in total. The SMILES string of the molecule is Cc1ccc(C(=O)CCN(C)CCOCC2CC2)cc1. The summed E-state index contributed by atoms with van der Waals surface area (Å²) in [4.78, 5) is 14.2. The van der Waals surface area contributed by atoms with Crippen LogP contribution in [0.4, 0.5) is 0 Å². The van der Waals surface area contributed by atoms with Crippen molar-refractivity contribution in [3.8, 4) is 0 Å². The second-order valence-corrected chi connectivity index (χ2v) is 5.86. The van der Waals surface area contributed by atoms with E-state index in [0.717, 1.165) is 37.8 Å². The van der Waals surface area contributed by atoms with Crippen molar-refractivity contribution in [1.82, 2.24) is 4.90 Å². The summed E-state index contributed by atoms with van der Waals surface area (Å²) in [6, 6.07) is 7.80. The van der Waals surface area contributed by atoms with E-state index < -0.39 is 0 Å². The molecule has 0 bridgehead atoms. The summed E-state index contributed by atoms with van der Waals surface area (Å²) in [5.74, 6) is 1.04. The van der Waals surface area contributed by atoms with Gasteiger partial charge in [-0.05, 0) is 32.7 Å². The zero-order valence-electron chi connectivity index (χ0n) is 12.6. The zero-order valence-corrected chi connectivity index (χ0v) is 12.6. The quantitative estimate of drug-likeness (QED) is 0.512. The Bertz CT molecular complexity index is 423. The van der Waals surface area contributed by atoms with Crippen LogP contribution in [0, 0.1) is 12.8 Å². The molecule has 20 heavy (non-hydrogen) atoms. The van der Waals surface area contributed by atoms with Gasteiger partial charge in [-0.15, -0.1) is 0 Å². The molecule has 0 aromatic heterocycles. The lowest BCUT2D eigenvalue weighted by Gasteiger charge is -2.16. The summed E-state index contributed by atoms with van der Waals surface area (Å²) in [6.45, 7) is 5.40. The van der Waals surface area contributed by atoms with Gasteiger partial charge in [0.1, 0.15) is 0 Å². The minimum atomic E-state index is 0.218. The summed E-state index contributed by atoms with van der Waals surface area (Å²) in [6.07, 6.45) is 3.24. The second-order valence-electron chi connectivity index (χ2n) is 5.86. The van der Waals surface area contributed by atoms with Crippen LogP contribution >= 0.6 is 0 Å². The third kappa shape index (κ3) is 5.43. The Morgan fingerprint density at radius 1 is 1.25 bits per heavy atom. The molecule has 1 aliphatic rings. The Kier molecular flexibility index (Phi) is 5.74. The van der Waals surface area contributed by atoms with E-state index in [2.05, 4.69) is 4.90 Å². The first kappa shape index (κ1) is 15.2. The largest absolute Gasteiger partial charge is 0.380 e. The third-order valence-corrected chi connectivity index (χ3v) is 3.76. The van der Waals surface area contributed by atoms with Crippen molar-refractivity contribution in [3.05, 3.63) is 35.4 Å². The summed E-state index contributed by atoms with van der Waals surface area (Å²) in [5.41, 5.74) is 2.00. The fourth-order valence-electron chi connectivity index (χ4n) is 2.04. The van der Waals surface area contributed by atoms with Crippen LogP contribution in [0.5, 0.6) is 0 Å². The Morgan fingerprint density at radius 3 is 2.60 bits per heavy atom. The number of aryl methyl sites for hydroxylation is 1. The van der Waals surface area contributed by atoms with Gasteiger partial charge in [-0.1, -0.05) is 29.8 Å². The maximum atomic E-state index is 12.0. The van der Waals surface area contributed by atoms with Crippen LogP contribution < -0.4 is 0 Å². The van der Waals surface area contributed by atoms with Gasteiger partial charge in [0.05, 0.1) is 6.61 Å². The van der Waals surface area contributed by atoms with Crippen molar-refractivity contribution in [3.63, 3.8) is 0 Å². The number of hydrogen-bond donors (Lipinski definition) is 0. The Hall–Kier alpha value is -1.19. The molecular formula is C17H25NO2. The Morgan fingerprint density at radius 2 is 1.95 bits per heavy atom. The van der Waals surface area contributed by atoms with Gasteiger partial charge in [0.2, 0.25) is 0 Å². The lowest BCUT2D eigenvalue weighted by atomic mass is 10.1. The highest BCUT2D eigenvalue weighted by Crippen LogP contribution is 2.28. The highest BCUT2D eigenvalue weighted by Gasteiger charge is 2.20. The summed E-state index contributed by atoms with van der Waals surface area (Å²) >= 11 is 0. The van der Waals surface area contributed by atoms with Crippen molar-refractivity contribution in [1.29, 1.82) is 0 Å². The molecule has 0 saturated heterocycles. The van der Waals surface area contributed by atoms with Gasteiger partial charge >= 0.3 is 0 Å². The highest BCUT2D eigenvalue weighted by atomic mass is 16.5. The minimum Gasteiger partial charge on any atom is -0.380 e. The molecule has 1 aromatic carbocycles. The molecule has 0 atom stereocenters. The fourth-order valence-corrected chi connectivity index (χ4v) is 2.04. The molecule has 0 heterocycles. The molecule has 0 spiro atoms. The number of carbonyl (C=O) groups is 1. The van der Waals surface area contributed by atoms with Crippen LogP contribution in [0.1, 0.15) is 35.2 Å². The molecule has 1 aromatic rings. The van der Waals surface area contributed by atoms with E-state index in [1.165, 1.54) is 18.4 Å². The van der Waals surface area contributed by atoms with Crippen LogP contribution in [0.3, 0.4) is 0 Å². The van der Waals surface area contributed by atoms with Crippen molar-refractivity contribution < 1.29 is 9.53 Å². The molecule has 0 unspecified atom stereocenters. The lowest BCUT2D eigenvalue weighted by molar-refractivity contribution is 0.0918. The molecule has 3 heteroatoms. The number of hydrogen-bond acceptors (Lipinski definition) is 3. The smallest absolute Gasteiger partial charge is 0.164 e. The normalized spacial score (nSPS) is 14.8. The van der Waals surface area contributed by atoms with E-state index >= 15 is 0 Å². The first-order valence-electron chi connectivity index (χ1n) is 7.51. The van der Waals surface area contributed by atoms with E-state index in [4.69, 9.17) is 4.74 Å². The average Bonchev–Trinajstić information content (AvgIpc) is 3.26. The highest BCUT2D eigenvalue weighted by molar-refractivity contribution is 5.96. The van der Waals surface area contributed by atoms with Crippen molar-refractivity contribution in [2.24, 2.45) is 5.92 Å². The van der Waals surface area contributed by atoms with Crippen LogP contribution in [-0.4, -0.2) is 44.0 Å². The van der Waals surface area contributed by atoms with Crippen molar-refractivity contribution in [2.75, 3.05) is 33.4 Å². The topological polar surface area (TPSA) is 29.5 Å². The van der Waals surface area contributed by atoms with Gasteiger partial charge in [-0.2, -0.15) is 0 Å². The number of rotatable bonds is 9. The number of nitrogens with zero attached hydrogens (tertiary/aromatic N) is 1. The molecule has 0 amide bonds. The summed E-state index contributed by atoms with van der Waals surface area (Å²) in [7, 11) is 2.04. The molecular weight excluding hydrogens is 250 g/mol. The molecule has 0 N–H and O–H groups in total. The number of Topliss-reactive ketones (excluding diaryl/α,β-unsaturated/α-hetero) is 1. The summed E-state index contributed by atoms with van der Waals surface area (Å²) in [5, 5.41) is 0. The first-order valence-corrected chi connectivity index (χ1v) is 7.51. The average molecular weight is 275 g/mol. The molecule has 1 aliphatic carbocycles. The molecule has 1 saturated carbocycles. The Balaban J connectivity index is 1.60. The summed E-state index contributed by atoms with van der Waals surface area (Å²) < 4.78 is 5.61. The van der Waals surface area contributed by atoms with Gasteiger partial charge in [0.25, 0.3) is 0 Å². The Labute approximate surface area is 121 Å². The monoisotopic (exact) mass is 275 g/mol. The van der Waals surface area contributed by atoms with Gasteiger partial charge in [0, 0.05) is 31.7 Å². The third-order valence-electron chi connectivity index (χ3n) is 3.76. The number of benzene rings is 1. The molecule has 0 aliphatic heterocycles. The van der Waals surface area contributed by atoms with E-state index in [9.17, 15) is 4.79 Å². The van der Waals surface area contributed by atoms with Crippen LogP contribution in [0.25, 0.3) is 0 Å². The number of ether oxygens (including phenoxy) is 1. The molecule has 0 radical (unpaired) electrons. The van der Waals surface area contributed by atoms with E-state index in [-0.39, 0.29) is 5.78 Å². The predicted octanol–water partition coefficient (Wildman–Crippen LogP) is 2.93. The van der Waals surface area contributed by atoms with E-state index in [1.54, 1.807) is 0 Å². The molecule has 110 valence electrons. The first-order chi connectivity index (χ1) is 9.65. The standard InChI is InChI=1S/C17H25NO2/c1-14-3-7-16(8-4-14)17(19)9-10-18(2)11-12-20-13-15-5-6-15/h3-4,7-8,15H,5-6,9-13H2,1-2H3. The van der Waals surface area contributed by atoms with Gasteiger partial charge in [0.15, 0.2) is 5.78 Å². The van der Waals surface area contributed by atoms with Crippen molar-refractivity contribution >= 4 is 5.78 Å². The van der Waals surface area contributed by atoms with Crippen molar-refractivity contribution in [2.45, 2.75) is 26.2 Å². The lowest BCUT2D eigenvalue weighted by Crippen LogP contribution is -2.26. The van der Waals surface area contributed by atoms with Gasteiger partial charge < -0.3 is 9.64 Å². The van der Waals surface area contributed by atoms with Crippen LogP contribution in [-0.2, 0) is 4.74 Å². The van der Waals surface area contributed by atoms with E-state index in [1.807, 2.05) is 38.2 Å². The minimum absolute atomic E-state index is 0.218. The number of likely N-dealkylation sites (N-methyl/N-ethyl adjacent to an activating group) is 1. The second kappa shape index (κ2) is 7.55. The maximum absolute atomic E-state index is 12.0. The van der Waals surface area contributed by atoms with Crippen LogP contribution in [0.2, 0.25) is 0 Å². The predicted molar refractivity (Wildman–Crippen MR) is 81.2 cm³/mol. The van der Waals surface area contributed by atoms with Crippen LogP contribution in [0.15, 0.2) is 24.3 Å². The van der Waals surface area contributed by atoms with E-state index in [0.29, 0.717) is 6.42 Å².